The van der Waals surface area contributed by atoms with Crippen molar-refractivity contribution >= 4 is 21.7 Å². The summed E-state index contributed by atoms with van der Waals surface area (Å²) in [6, 6.07) is 15.8. The second-order valence-electron chi connectivity index (χ2n) is 5.74. The third-order valence-corrected chi connectivity index (χ3v) is 4.70. The molecule has 2 aromatic carbocycles. The third-order valence-electron chi connectivity index (χ3n) is 4.00. The summed E-state index contributed by atoms with van der Waals surface area (Å²) in [5.74, 6) is 5.63. The van der Waals surface area contributed by atoms with Crippen molar-refractivity contribution in [2.45, 2.75) is 12.0 Å². The number of rotatable bonds is 5. The molecule has 0 heterocycles. The normalized spacial score (nSPS) is 19.8. The van der Waals surface area contributed by atoms with Crippen molar-refractivity contribution in [3.05, 3.63) is 84.5 Å². The summed E-state index contributed by atoms with van der Waals surface area (Å²) in [6.07, 6.45) is 7.90. The van der Waals surface area contributed by atoms with E-state index >= 15 is 0 Å². The Hall–Kier alpha value is -2.81. The summed E-state index contributed by atoms with van der Waals surface area (Å²) in [5, 5.41) is 8.82. The highest BCUT2D eigenvalue weighted by Gasteiger charge is 2.34. The number of benzene rings is 2. The molecule has 1 aliphatic carbocycles. The minimum atomic E-state index is -4.61. The van der Waals surface area contributed by atoms with Crippen molar-refractivity contribution in [2.24, 2.45) is 16.1 Å². The van der Waals surface area contributed by atoms with Crippen molar-refractivity contribution in [1.82, 2.24) is 0 Å². The van der Waals surface area contributed by atoms with Crippen LogP contribution in [0.1, 0.15) is 12.0 Å². The molecule has 2 aromatic rings. The number of hydrogen-bond donors (Lipinski definition) is 2. The smallest absolute Gasteiger partial charge is 0.268 e. The summed E-state index contributed by atoms with van der Waals surface area (Å²) in [4.78, 5) is 0. The first-order valence-corrected chi connectivity index (χ1v) is 9.26. The van der Waals surface area contributed by atoms with Gasteiger partial charge in [0.2, 0.25) is 0 Å². The van der Waals surface area contributed by atoms with Gasteiger partial charge in [0.15, 0.2) is 0 Å². The van der Waals surface area contributed by atoms with Gasteiger partial charge in [-0.25, -0.2) is 5.84 Å². The zero-order valence-electron chi connectivity index (χ0n) is 13.8. The maximum absolute atomic E-state index is 11.5. The summed E-state index contributed by atoms with van der Waals surface area (Å²) < 4.78 is 32.7. The van der Waals surface area contributed by atoms with Crippen LogP contribution in [0.5, 0.6) is 0 Å². The van der Waals surface area contributed by atoms with Gasteiger partial charge in [0.05, 0.1) is 11.4 Å². The number of azo groups is 1. The van der Waals surface area contributed by atoms with Crippen LogP contribution in [0.15, 0.2) is 89.1 Å². The molecular weight excluding hydrogens is 352 g/mol. The first-order chi connectivity index (χ1) is 12.4. The van der Waals surface area contributed by atoms with E-state index in [9.17, 15) is 13.0 Å². The van der Waals surface area contributed by atoms with Gasteiger partial charge in [-0.05, 0) is 18.2 Å². The molecule has 0 bridgehead atoms. The van der Waals surface area contributed by atoms with E-state index in [0.717, 1.165) is 0 Å². The number of allylic oxidation sites excluding steroid dienone is 2. The number of anilines is 1. The molecule has 3 N–H and O–H groups in total. The molecule has 3 rings (SSSR count). The van der Waals surface area contributed by atoms with Gasteiger partial charge in [0, 0.05) is 12.0 Å². The number of nitrogens with two attached hydrogens (primary N) is 1. The standard InChI is InChI=1S/C18H18N4O3S/c19-22(26(23,24)25)17-12-6-5-11-16(17)18(13-7-2-8-14-18)21-20-15-9-3-1-4-10-15/h1-13H,14,19H2,(H,23,24,25)/t18-/m1/s1. The van der Waals surface area contributed by atoms with E-state index in [0.29, 0.717) is 22.1 Å². The van der Waals surface area contributed by atoms with Gasteiger partial charge in [-0.2, -0.15) is 23.1 Å². The molecule has 0 radical (unpaired) electrons. The van der Waals surface area contributed by atoms with Crippen LogP contribution in [-0.4, -0.2) is 13.0 Å². The van der Waals surface area contributed by atoms with E-state index in [4.69, 9.17) is 5.84 Å². The molecule has 0 aromatic heterocycles. The van der Waals surface area contributed by atoms with Gasteiger partial charge >= 0.3 is 10.3 Å². The second-order valence-corrected chi connectivity index (χ2v) is 7.03. The molecule has 26 heavy (non-hydrogen) atoms. The molecule has 8 heteroatoms. The van der Waals surface area contributed by atoms with Gasteiger partial charge in [-0.15, -0.1) is 0 Å². The van der Waals surface area contributed by atoms with E-state index in [1.54, 1.807) is 18.2 Å². The van der Waals surface area contributed by atoms with Crippen LogP contribution in [0.25, 0.3) is 0 Å². The third kappa shape index (κ3) is 3.72. The van der Waals surface area contributed by atoms with E-state index in [1.807, 2.05) is 54.6 Å². The number of para-hydroxylation sites is 1. The number of nitrogens with zero attached hydrogens (tertiary/aromatic N) is 3. The molecule has 1 atom stereocenters. The van der Waals surface area contributed by atoms with Gasteiger partial charge in [-0.1, -0.05) is 60.7 Å². The summed E-state index contributed by atoms with van der Waals surface area (Å²) in [7, 11) is -4.61. The lowest BCUT2D eigenvalue weighted by atomic mass is 9.84. The minimum Gasteiger partial charge on any atom is -0.268 e. The predicted octanol–water partition coefficient (Wildman–Crippen LogP) is 3.66. The maximum atomic E-state index is 11.5. The van der Waals surface area contributed by atoms with Crippen molar-refractivity contribution in [2.75, 3.05) is 4.41 Å². The lowest BCUT2D eigenvalue weighted by molar-refractivity contribution is 0.477. The highest BCUT2D eigenvalue weighted by atomic mass is 32.2. The average Bonchev–Trinajstić information content (AvgIpc) is 2.67. The van der Waals surface area contributed by atoms with Crippen LogP contribution in [0, 0.1) is 0 Å². The van der Waals surface area contributed by atoms with E-state index in [-0.39, 0.29) is 5.69 Å². The van der Waals surface area contributed by atoms with Gasteiger partial charge in [-0.3, -0.25) is 4.55 Å². The molecule has 0 fully saturated rings. The van der Waals surface area contributed by atoms with Crippen LogP contribution >= 0.6 is 0 Å². The van der Waals surface area contributed by atoms with Crippen LogP contribution in [0.2, 0.25) is 0 Å². The summed E-state index contributed by atoms with van der Waals surface area (Å²) in [6.45, 7) is 0. The lowest BCUT2D eigenvalue weighted by Gasteiger charge is -2.30. The second kappa shape index (κ2) is 7.20. The van der Waals surface area contributed by atoms with Crippen molar-refractivity contribution < 1.29 is 13.0 Å². The molecular formula is C18H18N4O3S. The largest absolute Gasteiger partial charge is 0.373 e. The Morgan fingerprint density at radius 3 is 2.38 bits per heavy atom. The van der Waals surface area contributed by atoms with Crippen molar-refractivity contribution in [3.63, 3.8) is 0 Å². The van der Waals surface area contributed by atoms with E-state index < -0.39 is 15.8 Å². The molecule has 134 valence electrons. The zero-order valence-corrected chi connectivity index (χ0v) is 14.6. The summed E-state index contributed by atoms with van der Waals surface area (Å²) in [5.41, 5.74) is 0.373. The topological polar surface area (TPSA) is 108 Å². The van der Waals surface area contributed by atoms with Crippen molar-refractivity contribution in [1.29, 1.82) is 0 Å². The number of hydrazine groups is 1. The van der Waals surface area contributed by atoms with E-state index in [1.165, 1.54) is 6.07 Å². The lowest BCUT2D eigenvalue weighted by Crippen LogP contribution is -2.39. The molecule has 0 unspecified atom stereocenters. The molecule has 0 aliphatic heterocycles. The molecule has 0 saturated heterocycles. The fourth-order valence-electron chi connectivity index (χ4n) is 2.73. The summed E-state index contributed by atoms with van der Waals surface area (Å²) >= 11 is 0. The average molecular weight is 370 g/mol. The highest BCUT2D eigenvalue weighted by molar-refractivity contribution is 7.87. The first kappa shape index (κ1) is 18.0. The van der Waals surface area contributed by atoms with Gasteiger partial charge in [0.1, 0.15) is 5.54 Å². The Kier molecular flexibility index (Phi) is 4.99. The molecule has 1 aliphatic rings. The monoisotopic (exact) mass is 370 g/mol. The van der Waals surface area contributed by atoms with Crippen molar-refractivity contribution in [3.8, 4) is 0 Å². The molecule has 0 saturated carbocycles. The Morgan fingerprint density at radius 2 is 1.73 bits per heavy atom. The first-order valence-electron chi connectivity index (χ1n) is 7.87. The van der Waals surface area contributed by atoms with Crippen LogP contribution in [0.3, 0.4) is 0 Å². The zero-order chi connectivity index (χ0) is 18.6. The van der Waals surface area contributed by atoms with Crippen LogP contribution in [0.4, 0.5) is 11.4 Å². The SMILES string of the molecule is NN(c1ccccc1[C@@]1(N=Nc2ccccc2)C=CC=CC1)S(=O)(=O)O. The quantitative estimate of drug-likeness (QED) is 0.362. The van der Waals surface area contributed by atoms with Gasteiger partial charge in [0.25, 0.3) is 0 Å². The molecule has 0 spiro atoms. The van der Waals surface area contributed by atoms with Gasteiger partial charge < -0.3 is 0 Å². The Labute approximate surface area is 152 Å². The Balaban J connectivity index is 2.12. The maximum Gasteiger partial charge on any atom is 0.373 e. The van der Waals surface area contributed by atoms with E-state index in [2.05, 4.69) is 10.2 Å². The van der Waals surface area contributed by atoms with Crippen LogP contribution in [-0.2, 0) is 15.8 Å². The predicted molar refractivity (Wildman–Crippen MR) is 100 cm³/mol. The Morgan fingerprint density at radius 1 is 1.04 bits per heavy atom. The molecule has 7 nitrogen and oxygen atoms in total. The van der Waals surface area contributed by atoms with Crippen LogP contribution < -0.4 is 10.3 Å². The fraction of sp³-hybridized carbons (Fsp3) is 0.111. The Bertz CT molecular complexity index is 971. The molecule has 0 amide bonds. The number of hydrogen-bond acceptors (Lipinski definition) is 5. The highest BCUT2D eigenvalue weighted by Crippen LogP contribution is 2.40. The fourth-order valence-corrected chi connectivity index (χ4v) is 3.14. The minimum absolute atomic E-state index is 0.127.